The standard InChI is InChI=1S/C63H108O6/c1-4-7-10-13-16-19-22-25-28-29-30-31-32-33-36-38-41-44-47-50-53-56-62(65)68-59-60(69-63(66)57-54-51-48-45-42-39-35-27-24-21-18-15-12-9-6-3)58-67-61(64)55-52-49-46-43-40-37-34-26-23-20-17-14-11-8-5-2/h9,12,17-18,20-21,25-28,34-35,40,43,60H,4-8,10-11,13-16,19,22-24,29-33,36-39,41-42,44-59H2,1-3H3/b12-9-,20-17-,21-18-,28-25-,34-26-,35-27-,43-40-/t60-/m1/s1. The van der Waals surface area contributed by atoms with Gasteiger partial charge in [0, 0.05) is 19.3 Å². The number of hydrogen-bond acceptors (Lipinski definition) is 6. The van der Waals surface area contributed by atoms with Gasteiger partial charge in [0.2, 0.25) is 0 Å². The van der Waals surface area contributed by atoms with Gasteiger partial charge >= 0.3 is 17.9 Å². The minimum Gasteiger partial charge on any atom is -0.462 e. The lowest BCUT2D eigenvalue weighted by molar-refractivity contribution is -0.167. The van der Waals surface area contributed by atoms with Crippen molar-refractivity contribution in [3.05, 3.63) is 85.1 Å². The Bertz CT molecular complexity index is 1330. The fraction of sp³-hybridized carbons (Fsp3) is 0.730. The molecule has 0 saturated carbocycles. The molecule has 0 bridgehead atoms. The number of ether oxygens (including phenoxy) is 3. The quantitative estimate of drug-likeness (QED) is 0.0262. The van der Waals surface area contributed by atoms with Gasteiger partial charge in [-0.25, -0.2) is 0 Å². The SMILES string of the molecule is CC/C=C\C/C=C\C/C=C\CCCCCCCC(=O)O[C@H](COC(=O)CCCC/C=C\C/C=C\C/C=C\CCCCC)COC(=O)CCCCCCCCCCCCC/C=C\CCCCCCCC. The molecule has 1 atom stereocenters. The molecule has 0 saturated heterocycles. The smallest absolute Gasteiger partial charge is 0.306 e. The molecular formula is C63H108O6. The van der Waals surface area contributed by atoms with E-state index in [-0.39, 0.29) is 31.1 Å². The van der Waals surface area contributed by atoms with Gasteiger partial charge in [-0.3, -0.25) is 14.4 Å². The Morgan fingerprint density at radius 3 is 0.957 bits per heavy atom. The highest BCUT2D eigenvalue weighted by Gasteiger charge is 2.19. The molecule has 0 aliphatic rings. The first-order valence-electron chi connectivity index (χ1n) is 29.1. The van der Waals surface area contributed by atoms with Crippen molar-refractivity contribution >= 4 is 17.9 Å². The summed E-state index contributed by atoms with van der Waals surface area (Å²) in [6, 6.07) is 0. The molecule has 396 valence electrons. The van der Waals surface area contributed by atoms with E-state index in [1.165, 1.54) is 128 Å². The van der Waals surface area contributed by atoms with E-state index in [1.54, 1.807) is 0 Å². The van der Waals surface area contributed by atoms with Crippen molar-refractivity contribution in [1.29, 1.82) is 0 Å². The van der Waals surface area contributed by atoms with Crippen molar-refractivity contribution in [2.75, 3.05) is 13.2 Å². The van der Waals surface area contributed by atoms with E-state index in [9.17, 15) is 14.4 Å². The number of esters is 3. The molecule has 0 rings (SSSR count). The van der Waals surface area contributed by atoms with E-state index in [0.717, 1.165) is 109 Å². The molecule has 0 fully saturated rings. The van der Waals surface area contributed by atoms with Crippen LogP contribution in [0.3, 0.4) is 0 Å². The zero-order valence-electron chi connectivity index (χ0n) is 45.3. The summed E-state index contributed by atoms with van der Waals surface area (Å²) in [5, 5.41) is 0. The Kier molecular flexibility index (Phi) is 54.3. The fourth-order valence-corrected chi connectivity index (χ4v) is 7.99. The molecule has 6 nitrogen and oxygen atoms in total. The second-order valence-corrected chi connectivity index (χ2v) is 19.2. The van der Waals surface area contributed by atoms with Crippen molar-refractivity contribution in [2.45, 2.75) is 284 Å². The summed E-state index contributed by atoms with van der Waals surface area (Å²) in [6.45, 7) is 6.46. The van der Waals surface area contributed by atoms with Crippen LogP contribution < -0.4 is 0 Å². The molecule has 0 amide bonds. The van der Waals surface area contributed by atoms with Crippen LogP contribution in [0, 0.1) is 0 Å². The van der Waals surface area contributed by atoms with Crippen LogP contribution >= 0.6 is 0 Å². The Labute approximate surface area is 426 Å². The van der Waals surface area contributed by atoms with Crippen LogP contribution in [-0.4, -0.2) is 37.2 Å². The monoisotopic (exact) mass is 961 g/mol. The largest absolute Gasteiger partial charge is 0.462 e. The molecule has 0 aliphatic heterocycles. The van der Waals surface area contributed by atoms with Gasteiger partial charge in [-0.2, -0.15) is 0 Å². The van der Waals surface area contributed by atoms with E-state index < -0.39 is 6.10 Å². The second-order valence-electron chi connectivity index (χ2n) is 19.2. The first-order chi connectivity index (χ1) is 34.0. The van der Waals surface area contributed by atoms with Crippen LogP contribution in [0.25, 0.3) is 0 Å². The molecule has 0 heterocycles. The maximum absolute atomic E-state index is 12.8. The predicted octanol–water partition coefficient (Wildman–Crippen LogP) is 19.5. The lowest BCUT2D eigenvalue weighted by atomic mass is 10.0. The van der Waals surface area contributed by atoms with Crippen LogP contribution in [0.4, 0.5) is 0 Å². The van der Waals surface area contributed by atoms with Crippen LogP contribution in [0.1, 0.15) is 278 Å². The summed E-state index contributed by atoms with van der Waals surface area (Å²) >= 11 is 0. The highest BCUT2D eigenvalue weighted by atomic mass is 16.6. The van der Waals surface area contributed by atoms with Gasteiger partial charge in [-0.15, -0.1) is 0 Å². The molecular weight excluding hydrogens is 853 g/mol. The number of carbonyl (C=O) groups excluding carboxylic acids is 3. The maximum atomic E-state index is 12.8. The summed E-state index contributed by atoms with van der Waals surface area (Å²) < 4.78 is 16.8. The van der Waals surface area contributed by atoms with Gasteiger partial charge in [0.25, 0.3) is 0 Å². The topological polar surface area (TPSA) is 78.9 Å². The first kappa shape index (κ1) is 65.6. The average molecular weight is 962 g/mol. The molecule has 0 aromatic rings. The lowest BCUT2D eigenvalue weighted by Crippen LogP contribution is -2.30. The van der Waals surface area contributed by atoms with E-state index >= 15 is 0 Å². The van der Waals surface area contributed by atoms with Gasteiger partial charge in [-0.05, 0) is 116 Å². The molecule has 0 N–H and O–H groups in total. The van der Waals surface area contributed by atoms with Crippen molar-refractivity contribution in [1.82, 2.24) is 0 Å². The Morgan fingerprint density at radius 1 is 0.304 bits per heavy atom. The Morgan fingerprint density at radius 2 is 0.565 bits per heavy atom. The Hall–Kier alpha value is -3.41. The van der Waals surface area contributed by atoms with Gasteiger partial charge < -0.3 is 14.2 Å². The van der Waals surface area contributed by atoms with Crippen molar-refractivity contribution in [3.8, 4) is 0 Å². The van der Waals surface area contributed by atoms with E-state index in [4.69, 9.17) is 14.2 Å². The molecule has 0 radical (unpaired) electrons. The lowest BCUT2D eigenvalue weighted by Gasteiger charge is -2.18. The summed E-state index contributed by atoms with van der Waals surface area (Å²) in [4.78, 5) is 38.1. The van der Waals surface area contributed by atoms with E-state index in [2.05, 4.69) is 106 Å². The minimum atomic E-state index is -0.802. The molecule has 69 heavy (non-hydrogen) atoms. The van der Waals surface area contributed by atoms with Crippen molar-refractivity contribution in [2.24, 2.45) is 0 Å². The predicted molar refractivity (Wildman–Crippen MR) is 297 cm³/mol. The van der Waals surface area contributed by atoms with Gasteiger partial charge in [-0.1, -0.05) is 228 Å². The molecule has 6 heteroatoms. The molecule has 0 aromatic heterocycles. The van der Waals surface area contributed by atoms with Crippen LogP contribution in [0.15, 0.2) is 85.1 Å². The number of rotatable bonds is 52. The van der Waals surface area contributed by atoms with Gasteiger partial charge in [0.05, 0.1) is 0 Å². The zero-order chi connectivity index (χ0) is 50.0. The van der Waals surface area contributed by atoms with Crippen LogP contribution in [0.5, 0.6) is 0 Å². The summed E-state index contributed by atoms with van der Waals surface area (Å²) in [6.07, 6.45) is 74.4. The molecule has 0 unspecified atom stereocenters. The zero-order valence-corrected chi connectivity index (χ0v) is 45.3. The maximum Gasteiger partial charge on any atom is 0.306 e. The van der Waals surface area contributed by atoms with Crippen molar-refractivity contribution < 1.29 is 28.6 Å². The van der Waals surface area contributed by atoms with Gasteiger partial charge in [0.1, 0.15) is 13.2 Å². The third-order valence-corrected chi connectivity index (χ3v) is 12.4. The second kappa shape index (κ2) is 57.2. The highest BCUT2D eigenvalue weighted by Crippen LogP contribution is 2.15. The first-order valence-corrected chi connectivity index (χ1v) is 29.1. The van der Waals surface area contributed by atoms with Crippen LogP contribution in [-0.2, 0) is 28.6 Å². The molecule has 0 aromatic carbocycles. The summed E-state index contributed by atoms with van der Waals surface area (Å²) in [7, 11) is 0. The molecule has 0 aliphatic carbocycles. The van der Waals surface area contributed by atoms with E-state index in [1.807, 2.05) is 0 Å². The summed E-state index contributed by atoms with van der Waals surface area (Å²) in [5.74, 6) is -0.948. The third-order valence-electron chi connectivity index (χ3n) is 12.4. The van der Waals surface area contributed by atoms with Crippen LogP contribution in [0.2, 0.25) is 0 Å². The number of carbonyl (C=O) groups is 3. The average Bonchev–Trinajstić information content (AvgIpc) is 3.35. The fourth-order valence-electron chi connectivity index (χ4n) is 7.99. The minimum absolute atomic E-state index is 0.0957. The normalized spacial score (nSPS) is 12.7. The number of hydrogen-bond donors (Lipinski definition) is 0. The number of allylic oxidation sites excluding steroid dienone is 14. The van der Waals surface area contributed by atoms with Crippen molar-refractivity contribution in [3.63, 3.8) is 0 Å². The van der Waals surface area contributed by atoms with E-state index in [0.29, 0.717) is 19.3 Å². The molecule has 0 spiro atoms. The summed E-state index contributed by atoms with van der Waals surface area (Å²) in [5.41, 5.74) is 0. The third kappa shape index (κ3) is 55.4. The Balaban J connectivity index is 4.40. The number of unbranched alkanes of at least 4 members (excludes halogenated alkanes) is 27. The van der Waals surface area contributed by atoms with Gasteiger partial charge in [0.15, 0.2) is 6.10 Å². The highest BCUT2D eigenvalue weighted by molar-refractivity contribution is 5.71.